The van der Waals surface area contributed by atoms with Crippen LogP contribution in [0.3, 0.4) is 0 Å². The molecule has 108 valence electrons. The van der Waals surface area contributed by atoms with Crippen LogP contribution in [0.15, 0.2) is 30.3 Å². The minimum atomic E-state index is -0.950. The Morgan fingerprint density at radius 1 is 1.40 bits per heavy atom. The Kier molecular flexibility index (Phi) is 4.45. The van der Waals surface area contributed by atoms with Crippen LogP contribution in [0.2, 0.25) is 0 Å². The first-order chi connectivity index (χ1) is 9.47. The van der Waals surface area contributed by atoms with Gasteiger partial charge in [0, 0.05) is 6.04 Å². The second-order valence-corrected chi connectivity index (χ2v) is 5.63. The van der Waals surface area contributed by atoms with E-state index in [1.807, 2.05) is 14.1 Å². The van der Waals surface area contributed by atoms with Crippen LogP contribution in [0.5, 0.6) is 0 Å². The second-order valence-electron chi connectivity index (χ2n) is 5.63. The average Bonchev–Trinajstić information content (AvgIpc) is 2.38. The summed E-state index contributed by atoms with van der Waals surface area (Å²) in [6.45, 7) is 2.09. The smallest absolute Gasteiger partial charge is 0.404 e. The molecule has 0 aliphatic heterocycles. The molecule has 0 saturated carbocycles. The van der Waals surface area contributed by atoms with E-state index in [0.717, 1.165) is 12.8 Å². The lowest BCUT2D eigenvalue weighted by Gasteiger charge is -2.36. The SMILES string of the molecule is Cc1cccc(C2=CC[C@H](NC(=O)O)[C@@H](N(C)C)C2)c1. The molecule has 1 aliphatic rings. The highest BCUT2D eigenvalue weighted by Gasteiger charge is 2.29. The van der Waals surface area contributed by atoms with Crippen molar-refractivity contribution < 1.29 is 9.90 Å². The van der Waals surface area contributed by atoms with E-state index in [1.165, 1.54) is 16.7 Å². The van der Waals surface area contributed by atoms with E-state index < -0.39 is 6.09 Å². The fourth-order valence-electron chi connectivity index (χ4n) is 2.81. The van der Waals surface area contributed by atoms with Gasteiger partial charge in [0.05, 0.1) is 6.04 Å². The average molecular weight is 274 g/mol. The maximum absolute atomic E-state index is 10.9. The Balaban J connectivity index is 2.22. The maximum Gasteiger partial charge on any atom is 0.404 e. The highest BCUT2D eigenvalue weighted by molar-refractivity contribution is 5.69. The van der Waals surface area contributed by atoms with Crippen LogP contribution in [-0.2, 0) is 0 Å². The molecule has 0 bridgehead atoms. The van der Waals surface area contributed by atoms with Crippen molar-refractivity contribution in [3.8, 4) is 0 Å². The van der Waals surface area contributed by atoms with Crippen LogP contribution in [0.25, 0.3) is 5.57 Å². The molecule has 0 unspecified atom stereocenters. The Bertz CT molecular complexity index is 523. The Morgan fingerprint density at radius 3 is 2.75 bits per heavy atom. The molecular weight excluding hydrogens is 252 g/mol. The van der Waals surface area contributed by atoms with Crippen LogP contribution in [0.4, 0.5) is 4.79 Å². The van der Waals surface area contributed by atoms with E-state index in [2.05, 4.69) is 47.5 Å². The molecular formula is C16H22N2O2. The van der Waals surface area contributed by atoms with E-state index in [-0.39, 0.29) is 12.1 Å². The van der Waals surface area contributed by atoms with Gasteiger partial charge in [-0.05, 0) is 45.0 Å². The normalized spacial score (nSPS) is 22.5. The van der Waals surface area contributed by atoms with Crippen molar-refractivity contribution in [3.63, 3.8) is 0 Å². The van der Waals surface area contributed by atoms with Gasteiger partial charge in [0.25, 0.3) is 0 Å². The molecule has 2 atom stereocenters. The lowest BCUT2D eigenvalue weighted by Crippen LogP contribution is -2.50. The molecule has 0 spiro atoms. The van der Waals surface area contributed by atoms with Crippen molar-refractivity contribution in [2.75, 3.05) is 14.1 Å². The molecule has 0 aromatic heterocycles. The van der Waals surface area contributed by atoms with Gasteiger partial charge in [0.1, 0.15) is 0 Å². The Labute approximate surface area is 120 Å². The molecule has 0 saturated heterocycles. The van der Waals surface area contributed by atoms with Gasteiger partial charge < -0.3 is 15.3 Å². The van der Waals surface area contributed by atoms with Crippen LogP contribution in [0, 0.1) is 6.92 Å². The topological polar surface area (TPSA) is 52.6 Å². The fraction of sp³-hybridized carbons (Fsp3) is 0.438. The molecule has 0 fully saturated rings. The van der Waals surface area contributed by atoms with Crippen LogP contribution in [-0.4, -0.2) is 42.3 Å². The summed E-state index contributed by atoms with van der Waals surface area (Å²) in [5.41, 5.74) is 3.79. The molecule has 1 aromatic carbocycles. The third-order valence-electron chi connectivity index (χ3n) is 3.87. The van der Waals surface area contributed by atoms with E-state index in [9.17, 15) is 4.79 Å². The summed E-state index contributed by atoms with van der Waals surface area (Å²) in [6, 6.07) is 8.60. The maximum atomic E-state index is 10.9. The quantitative estimate of drug-likeness (QED) is 0.891. The van der Waals surface area contributed by atoms with Gasteiger partial charge >= 0.3 is 6.09 Å². The fourth-order valence-corrected chi connectivity index (χ4v) is 2.81. The zero-order valence-corrected chi connectivity index (χ0v) is 12.3. The zero-order valence-electron chi connectivity index (χ0n) is 12.3. The van der Waals surface area contributed by atoms with E-state index in [1.54, 1.807) is 0 Å². The van der Waals surface area contributed by atoms with Gasteiger partial charge in [-0.3, -0.25) is 0 Å². The van der Waals surface area contributed by atoms with E-state index >= 15 is 0 Å². The lowest BCUT2D eigenvalue weighted by atomic mass is 9.86. The number of carbonyl (C=O) groups is 1. The third kappa shape index (κ3) is 3.39. The summed E-state index contributed by atoms with van der Waals surface area (Å²) >= 11 is 0. The highest BCUT2D eigenvalue weighted by Crippen LogP contribution is 2.29. The molecule has 1 amide bonds. The van der Waals surface area contributed by atoms with Crippen molar-refractivity contribution >= 4 is 11.7 Å². The van der Waals surface area contributed by atoms with E-state index in [4.69, 9.17) is 5.11 Å². The first-order valence-corrected chi connectivity index (χ1v) is 6.89. The Morgan fingerprint density at radius 2 is 2.15 bits per heavy atom. The number of carboxylic acid groups (broad SMARTS) is 1. The Hall–Kier alpha value is -1.81. The first-order valence-electron chi connectivity index (χ1n) is 6.89. The molecule has 2 N–H and O–H groups in total. The summed E-state index contributed by atoms with van der Waals surface area (Å²) in [5, 5.41) is 11.6. The first kappa shape index (κ1) is 14.6. The molecule has 1 aromatic rings. The van der Waals surface area contributed by atoms with Crippen molar-refractivity contribution in [3.05, 3.63) is 41.5 Å². The van der Waals surface area contributed by atoms with Gasteiger partial charge in [-0.25, -0.2) is 4.79 Å². The molecule has 0 radical (unpaired) electrons. The van der Waals surface area contributed by atoms with Gasteiger partial charge in [-0.2, -0.15) is 0 Å². The summed E-state index contributed by atoms with van der Waals surface area (Å²) in [6.07, 6.45) is 2.81. The molecule has 2 rings (SSSR count). The number of amides is 1. The minimum absolute atomic E-state index is 0.0453. The number of aryl methyl sites for hydroxylation is 1. The van der Waals surface area contributed by atoms with Crippen LogP contribution >= 0.6 is 0 Å². The molecule has 4 nitrogen and oxygen atoms in total. The number of nitrogens with one attached hydrogen (secondary N) is 1. The predicted octanol–water partition coefficient (Wildman–Crippen LogP) is 2.74. The standard InChI is InChI=1S/C16H22N2O2/c1-11-5-4-6-12(9-11)13-7-8-14(17-16(19)20)15(10-13)18(2)3/h4-7,9,14-15,17H,8,10H2,1-3H3,(H,19,20)/t14-,15-/m0/s1. The highest BCUT2D eigenvalue weighted by atomic mass is 16.4. The summed E-state index contributed by atoms with van der Waals surface area (Å²) in [7, 11) is 4.00. The largest absolute Gasteiger partial charge is 0.465 e. The van der Waals surface area contributed by atoms with Crippen molar-refractivity contribution in [2.24, 2.45) is 0 Å². The molecule has 1 aliphatic carbocycles. The van der Waals surface area contributed by atoms with Gasteiger partial charge in [-0.1, -0.05) is 35.9 Å². The number of benzene rings is 1. The van der Waals surface area contributed by atoms with Crippen molar-refractivity contribution in [1.82, 2.24) is 10.2 Å². The second kappa shape index (κ2) is 6.09. The van der Waals surface area contributed by atoms with Crippen molar-refractivity contribution in [2.45, 2.75) is 31.8 Å². The predicted molar refractivity (Wildman–Crippen MR) is 80.8 cm³/mol. The minimum Gasteiger partial charge on any atom is -0.465 e. The van der Waals surface area contributed by atoms with Crippen molar-refractivity contribution in [1.29, 1.82) is 0 Å². The van der Waals surface area contributed by atoms with Crippen LogP contribution in [0.1, 0.15) is 24.0 Å². The van der Waals surface area contributed by atoms with Gasteiger partial charge in [0.2, 0.25) is 0 Å². The zero-order chi connectivity index (χ0) is 14.7. The molecule has 20 heavy (non-hydrogen) atoms. The molecule has 0 heterocycles. The lowest BCUT2D eigenvalue weighted by molar-refractivity contribution is 0.172. The number of hydrogen-bond donors (Lipinski definition) is 2. The van der Waals surface area contributed by atoms with E-state index in [0.29, 0.717) is 0 Å². The van der Waals surface area contributed by atoms with Gasteiger partial charge in [-0.15, -0.1) is 0 Å². The molecule has 4 heteroatoms. The third-order valence-corrected chi connectivity index (χ3v) is 3.87. The number of hydrogen-bond acceptors (Lipinski definition) is 2. The summed E-state index contributed by atoms with van der Waals surface area (Å²) in [5.74, 6) is 0. The summed E-state index contributed by atoms with van der Waals surface area (Å²) < 4.78 is 0. The number of likely N-dealkylation sites (N-methyl/N-ethyl adjacent to an activating group) is 1. The number of rotatable bonds is 3. The monoisotopic (exact) mass is 274 g/mol. The number of nitrogens with zero attached hydrogens (tertiary/aromatic N) is 1. The van der Waals surface area contributed by atoms with Crippen LogP contribution < -0.4 is 5.32 Å². The van der Waals surface area contributed by atoms with Gasteiger partial charge in [0.15, 0.2) is 0 Å². The summed E-state index contributed by atoms with van der Waals surface area (Å²) in [4.78, 5) is 13.0.